The fourth-order valence-corrected chi connectivity index (χ4v) is 5.42. The number of nitrogens with zero attached hydrogens (tertiary/aromatic N) is 2. The van der Waals surface area contributed by atoms with E-state index in [4.69, 9.17) is 4.74 Å². The summed E-state index contributed by atoms with van der Waals surface area (Å²) in [5, 5.41) is 9.34. The summed E-state index contributed by atoms with van der Waals surface area (Å²) in [6, 6.07) is 0.250. The molecule has 114 valence electrons. The first kappa shape index (κ1) is 13.1. The molecular formula is C15H22N4O2. The van der Waals surface area contributed by atoms with E-state index in [1.165, 1.54) is 45.6 Å². The van der Waals surface area contributed by atoms with Crippen LogP contribution in [0.2, 0.25) is 0 Å². The van der Waals surface area contributed by atoms with E-state index in [9.17, 15) is 4.79 Å². The lowest BCUT2D eigenvalue weighted by molar-refractivity contribution is -0.124. The summed E-state index contributed by atoms with van der Waals surface area (Å²) < 4.78 is 4.91. The minimum Gasteiger partial charge on any atom is -0.466 e. The van der Waals surface area contributed by atoms with Gasteiger partial charge < -0.3 is 4.74 Å². The Morgan fingerprint density at radius 2 is 1.90 bits per heavy atom. The van der Waals surface area contributed by atoms with Crippen LogP contribution in [-0.4, -0.2) is 28.2 Å². The van der Waals surface area contributed by atoms with Crippen LogP contribution in [0.4, 0.5) is 5.95 Å². The van der Waals surface area contributed by atoms with Crippen LogP contribution in [0.5, 0.6) is 6.01 Å². The normalized spacial score (nSPS) is 36.7. The summed E-state index contributed by atoms with van der Waals surface area (Å²) in [5.41, 5.74) is 0.253. The second-order valence-electron chi connectivity index (χ2n) is 7.31. The van der Waals surface area contributed by atoms with E-state index in [1.807, 2.05) is 0 Å². The number of carbonyl (C=O) groups is 1. The van der Waals surface area contributed by atoms with Crippen molar-refractivity contribution < 1.29 is 9.53 Å². The number of nitrogens with one attached hydrogen (secondary N) is 2. The highest BCUT2D eigenvalue weighted by Gasteiger charge is 2.51. The molecule has 0 aromatic carbocycles. The Bertz CT molecular complexity index is 518. The van der Waals surface area contributed by atoms with Gasteiger partial charge in [-0.3, -0.25) is 10.1 Å². The van der Waals surface area contributed by atoms with Gasteiger partial charge in [0.05, 0.1) is 7.11 Å². The van der Waals surface area contributed by atoms with Gasteiger partial charge in [-0.05, 0) is 61.7 Å². The minimum absolute atomic E-state index is 0.0516. The topological polar surface area (TPSA) is 79.9 Å². The van der Waals surface area contributed by atoms with Gasteiger partial charge in [0, 0.05) is 6.42 Å². The standard InChI is InChI=1S/C15H22N4O2/c1-21-14-17-13(18-19-14)16-12(20)8-15-5-9-2-10(6-15)4-11(3-9)7-15/h9-11H,2-8H2,1H3,(H2,16,17,18,19,20). The molecule has 5 rings (SSSR count). The number of hydrogen-bond acceptors (Lipinski definition) is 4. The molecule has 4 fully saturated rings. The number of amides is 1. The number of rotatable bonds is 4. The molecule has 4 bridgehead atoms. The number of aromatic amines is 1. The number of anilines is 1. The van der Waals surface area contributed by atoms with Crippen LogP contribution in [0.15, 0.2) is 0 Å². The molecule has 0 unspecified atom stereocenters. The van der Waals surface area contributed by atoms with E-state index < -0.39 is 0 Å². The average Bonchev–Trinajstić information content (AvgIpc) is 2.83. The third-order valence-corrected chi connectivity index (χ3v) is 5.61. The van der Waals surface area contributed by atoms with Crippen LogP contribution >= 0.6 is 0 Å². The van der Waals surface area contributed by atoms with E-state index >= 15 is 0 Å². The van der Waals surface area contributed by atoms with Crippen molar-refractivity contribution in [2.45, 2.75) is 44.9 Å². The number of carbonyl (C=O) groups excluding carboxylic acids is 1. The van der Waals surface area contributed by atoms with Crippen LogP contribution in [0.1, 0.15) is 44.9 Å². The lowest BCUT2D eigenvalue weighted by Gasteiger charge is -2.56. The summed E-state index contributed by atoms with van der Waals surface area (Å²) in [7, 11) is 1.50. The maximum atomic E-state index is 12.4. The molecule has 6 nitrogen and oxygen atoms in total. The Balaban J connectivity index is 1.42. The van der Waals surface area contributed by atoms with Crippen molar-refractivity contribution in [3.63, 3.8) is 0 Å². The molecule has 4 aliphatic carbocycles. The van der Waals surface area contributed by atoms with E-state index in [1.54, 1.807) is 0 Å². The number of aromatic nitrogens is 3. The molecule has 1 aromatic rings. The Hall–Kier alpha value is -1.59. The van der Waals surface area contributed by atoms with Crippen molar-refractivity contribution in [3.05, 3.63) is 0 Å². The molecule has 4 aliphatic rings. The van der Waals surface area contributed by atoms with Crippen molar-refractivity contribution in [2.75, 3.05) is 12.4 Å². The van der Waals surface area contributed by atoms with E-state index in [-0.39, 0.29) is 17.3 Å². The third kappa shape index (κ3) is 2.40. The van der Waals surface area contributed by atoms with Crippen LogP contribution in [0.3, 0.4) is 0 Å². The Labute approximate surface area is 124 Å². The zero-order chi connectivity index (χ0) is 14.4. The fraction of sp³-hybridized carbons (Fsp3) is 0.800. The SMILES string of the molecule is COc1n[nH]c(NC(=O)CC23CC4CC(CC(C4)C2)C3)n1. The van der Waals surface area contributed by atoms with Gasteiger partial charge in [0.2, 0.25) is 11.9 Å². The van der Waals surface area contributed by atoms with Crippen LogP contribution in [-0.2, 0) is 4.79 Å². The Morgan fingerprint density at radius 3 is 2.43 bits per heavy atom. The van der Waals surface area contributed by atoms with Gasteiger partial charge in [-0.2, -0.15) is 4.98 Å². The summed E-state index contributed by atoms with van der Waals surface area (Å²) in [6.45, 7) is 0. The third-order valence-electron chi connectivity index (χ3n) is 5.61. The quantitative estimate of drug-likeness (QED) is 0.892. The molecule has 0 radical (unpaired) electrons. The Kier molecular flexibility index (Phi) is 2.94. The Morgan fingerprint density at radius 1 is 1.29 bits per heavy atom. The highest BCUT2D eigenvalue weighted by Crippen LogP contribution is 2.61. The van der Waals surface area contributed by atoms with Crippen molar-refractivity contribution in [1.29, 1.82) is 0 Å². The van der Waals surface area contributed by atoms with Gasteiger partial charge in [0.25, 0.3) is 0 Å². The number of ether oxygens (including phenoxy) is 1. The molecule has 1 amide bonds. The summed E-state index contributed by atoms with van der Waals surface area (Å²) in [6.07, 6.45) is 8.56. The van der Waals surface area contributed by atoms with Crippen LogP contribution in [0.25, 0.3) is 0 Å². The predicted molar refractivity (Wildman–Crippen MR) is 76.8 cm³/mol. The first-order chi connectivity index (χ1) is 10.1. The summed E-state index contributed by atoms with van der Waals surface area (Å²) >= 11 is 0. The van der Waals surface area contributed by atoms with Crippen LogP contribution in [0, 0.1) is 23.2 Å². The number of H-pyrrole nitrogens is 1. The van der Waals surface area contributed by atoms with Gasteiger partial charge in [0.1, 0.15) is 0 Å². The maximum absolute atomic E-state index is 12.4. The lowest BCUT2D eigenvalue weighted by atomic mass is 9.49. The molecule has 0 saturated heterocycles. The zero-order valence-corrected chi connectivity index (χ0v) is 12.4. The van der Waals surface area contributed by atoms with E-state index in [0.29, 0.717) is 12.4 Å². The van der Waals surface area contributed by atoms with Gasteiger partial charge in [-0.25, -0.2) is 5.10 Å². The molecule has 0 spiro atoms. The largest absolute Gasteiger partial charge is 0.466 e. The molecule has 1 aromatic heterocycles. The van der Waals surface area contributed by atoms with Gasteiger partial charge in [-0.15, -0.1) is 5.10 Å². The van der Waals surface area contributed by atoms with E-state index in [0.717, 1.165) is 17.8 Å². The maximum Gasteiger partial charge on any atom is 0.336 e. The molecule has 21 heavy (non-hydrogen) atoms. The molecule has 0 atom stereocenters. The van der Waals surface area contributed by atoms with Crippen LogP contribution < -0.4 is 10.1 Å². The van der Waals surface area contributed by atoms with Crippen molar-refractivity contribution in [2.24, 2.45) is 23.2 Å². The molecule has 2 N–H and O–H groups in total. The average molecular weight is 290 g/mol. The first-order valence-corrected chi connectivity index (χ1v) is 7.90. The molecule has 0 aliphatic heterocycles. The molecule has 4 saturated carbocycles. The lowest BCUT2D eigenvalue weighted by Crippen LogP contribution is -2.47. The first-order valence-electron chi connectivity index (χ1n) is 7.90. The van der Waals surface area contributed by atoms with Crippen molar-refractivity contribution in [3.8, 4) is 6.01 Å². The number of methoxy groups -OCH3 is 1. The highest BCUT2D eigenvalue weighted by molar-refractivity contribution is 5.89. The second-order valence-corrected chi connectivity index (χ2v) is 7.31. The predicted octanol–water partition coefficient (Wildman–Crippen LogP) is 2.36. The second kappa shape index (κ2) is 4.71. The minimum atomic E-state index is 0.0516. The van der Waals surface area contributed by atoms with Crippen molar-refractivity contribution >= 4 is 11.9 Å². The van der Waals surface area contributed by atoms with Crippen molar-refractivity contribution in [1.82, 2.24) is 15.2 Å². The fourth-order valence-electron chi connectivity index (χ4n) is 5.42. The number of hydrogen-bond donors (Lipinski definition) is 2. The summed E-state index contributed by atoms with van der Waals surface area (Å²) in [4.78, 5) is 16.4. The van der Waals surface area contributed by atoms with E-state index in [2.05, 4.69) is 20.5 Å². The zero-order valence-electron chi connectivity index (χ0n) is 12.4. The summed E-state index contributed by atoms with van der Waals surface area (Å²) in [5.74, 6) is 3.04. The van der Waals surface area contributed by atoms with Gasteiger partial charge >= 0.3 is 6.01 Å². The molecule has 1 heterocycles. The van der Waals surface area contributed by atoms with Gasteiger partial charge in [-0.1, -0.05) is 0 Å². The molecular weight excluding hydrogens is 268 g/mol. The highest BCUT2D eigenvalue weighted by atomic mass is 16.5. The monoisotopic (exact) mass is 290 g/mol. The molecule has 6 heteroatoms. The van der Waals surface area contributed by atoms with Gasteiger partial charge in [0.15, 0.2) is 0 Å². The smallest absolute Gasteiger partial charge is 0.336 e.